The van der Waals surface area contributed by atoms with E-state index in [9.17, 15) is 0 Å². The highest BCUT2D eigenvalue weighted by molar-refractivity contribution is 5.65. The van der Waals surface area contributed by atoms with Crippen molar-refractivity contribution in [3.63, 3.8) is 0 Å². The van der Waals surface area contributed by atoms with E-state index in [2.05, 4.69) is 60.5 Å². The third kappa shape index (κ3) is 1.09. The zero-order valence-electron chi connectivity index (χ0n) is 9.93. The average molecular weight is 221 g/mol. The molecule has 0 fully saturated rings. The van der Waals surface area contributed by atoms with Crippen molar-refractivity contribution in [1.29, 1.82) is 0 Å². The van der Waals surface area contributed by atoms with Crippen molar-refractivity contribution < 1.29 is 0 Å². The van der Waals surface area contributed by atoms with E-state index in [1.165, 1.54) is 28.8 Å². The van der Waals surface area contributed by atoms with Crippen molar-refractivity contribution in [2.45, 2.75) is 18.4 Å². The van der Waals surface area contributed by atoms with Gasteiger partial charge in [0.2, 0.25) is 0 Å². The Kier molecular flexibility index (Phi) is 1.71. The minimum Gasteiger partial charge on any atom is -0.367 e. The number of hydrogen-bond donors (Lipinski definition) is 0. The van der Waals surface area contributed by atoms with Crippen LogP contribution in [0, 0.1) is 0 Å². The Labute approximate surface area is 102 Å². The lowest BCUT2D eigenvalue weighted by atomic mass is 9.96. The Bertz CT molecular complexity index is 588. The smallest absolute Gasteiger partial charge is 0.0614 e. The predicted molar refractivity (Wildman–Crippen MR) is 70.5 cm³/mol. The van der Waals surface area contributed by atoms with E-state index in [4.69, 9.17) is 0 Å². The summed E-state index contributed by atoms with van der Waals surface area (Å²) >= 11 is 0. The van der Waals surface area contributed by atoms with Gasteiger partial charge in [-0.15, -0.1) is 0 Å². The summed E-state index contributed by atoms with van der Waals surface area (Å²) < 4.78 is 0. The molecule has 0 saturated carbocycles. The van der Waals surface area contributed by atoms with E-state index < -0.39 is 0 Å². The summed E-state index contributed by atoms with van der Waals surface area (Å²) in [5.74, 6) is 0.661. The Balaban J connectivity index is 1.91. The first-order valence-electron chi connectivity index (χ1n) is 6.26. The van der Waals surface area contributed by atoms with E-state index in [1.54, 1.807) is 0 Å². The molecule has 0 spiro atoms. The maximum absolute atomic E-state index is 2.45. The molecule has 0 amide bonds. The molecular weight excluding hydrogens is 206 g/mol. The zero-order valence-corrected chi connectivity index (χ0v) is 9.93. The van der Waals surface area contributed by atoms with E-state index in [-0.39, 0.29) is 0 Å². The van der Waals surface area contributed by atoms with Crippen LogP contribution in [0.4, 0.5) is 5.69 Å². The van der Waals surface area contributed by atoms with E-state index in [0.717, 1.165) is 0 Å². The molecule has 0 bridgehead atoms. The molecule has 1 aliphatic heterocycles. The van der Waals surface area contributed by atoms with Crippen molar-refractivity contribution in [2.75, 3.05) is 11.9 Å². The Morgan fingerprint density at radius 1 is 0.941 bits per heavy atom. The fraction of sp³-hybridized carbons (Fsp3) is 0.250. The second-order valence-corrected chi connectivity index (χ2v) is 5.12. The van der Waals surface area contributed by atoms with Crippen LogP contribution in [0.3, 0.4) is 0 Å². The second-order valence-electron chi connectivity index (χ2n) is 5.12. The molecular formula is C16H15N. The number of para-hydroxylation sites is 1. The highest BCUT2D eigenvalue weighted by atomic mass is 15.2. The lowest BCUT2D eigenvalue weighted by Crippen LogP contribution is -2.19. The van der Waals surface area contributed by atoms with Gasteiger partial charge in [0.1, 0.15) is 0 Å². The lowest BCUT2D eigenvalue weighted by Gasteiger charge is -2.22. The van der Waals surface area contributed by atoms with Gasteiger partial charge in [0.15, 0.2) is 0 Å². The summed E-state index contributed by atoms with van der Waals surface area (Å²) in [5.41, 5.74) is 5.99. The number of likely N-dealkylation sites (N-methyl/N-ethyl adjacent to an activating group) is 1. The summed E-state index contributed by atoms with van der Waals surface area (Å²) in [6, 6.07) is 18.3. The molecule has 0 saturated heterocycles. The van der Waals surface area contributed by atoms with Crippen LogP contribution < -0.4 is 4.90 Å². The molecule has 2 aromatic carbocycles. The molecule has 0 radical (unpaired) electrons. The first-order valence-corrected chi connectivity index (χ1v) is 6.26. The van der Waals surface area contributed by atoms with Gasteiger partial charge in [-0.25, -0.2) is 0 Å². The minimum absolute atomic E-state index is 0.559. The third-order valence-corrected chi connectivity index (χ3v) is 4.33. The highest BCUT2D eigenvalue weighted by Gasteiger charge is 2.42. The monoisotopic (exact) mass is 221 g/mol. The summed E-state index contributed by atoms with van der Waals surface area (Å²) in [7, 11) is 2.23. The molecule has 0 aromatic heterocycles. The summed E-state index contributed by atoms with van der Waals surface area (Å²) in [6.07, 6.45) is 1.20. The highest BCUT2D eigenvalue weighted by Crippen LogP contribution is 2.54. The molecule has 2 aromatic rings. The number of anilines is 1. The van der Waals surface area contributed by atoms with Gasteiger partial charge in [-0.2, -0.15) is 0 Å². The topological polar surface area (TPSA) is 3.24 Å². The maximum atomic E-state index is 2.45. The summed E-state index contributed by atoms with van der Waals surface area (Å²) in [4.78, 5) is 2.45. The van der Waals surface area contributed by atoms with Crippen molar-refractivity contribution in [1.82, 2.24) is 0 Å². The molecule has 1 nitrogen and oxygen atoms in total. The SMILES string of the molecule is CN1c2ccccc2[C@@H]2Cc3ccccc3[C@@H]21. The van der Waals surface area contributed by atoms with Gasteiger partial charge >= 0.3 is 0 Å². The fourth-order valence-corrected chi connectivity index (χ4v) is 3.60. The van der Waals surface area contributed by atoms with Crippen LogP contribution >= 0.6 is 0 Å². The molecule has 0 N–H and O–H groups in total. The largest absolute Gasteiger partial charge is 0.367 e. The number of rotatable bonds is 0. The molecule has 2 aliphatic rings. The Morgan fingerprint density at radius 2 is 1.65 bits per heavy atom. The minimum atomic E-state index is 0.559. The van der Waals surface area contributed by atoms with Gasteiger partial charge in [0.25, 0.3) is 0 Å². The van der Waals surface area contributed by atoms with Gasteiger partial charge in [-0.3, -0.25) is 0 Å². The normalized spacial score (nSPS) is 24.4. The third-order valence-electron chi connectivity index (χ3n) is 4.33. The van der Waals surface area contributed by atoms with E-state index in [1.807, 2.05) is 0 Å². The quantitative estimate of drug-likeness (QED) is 0.658. The number of fused-ring (bicyclic) bond motifs is 5. The van der Waals surface area contributed by atoms with Crippen LogP contribution in [0.15, 0.2) is 48.5 Å². The van der Waals surface area contributed by atoms with Gasteiger partial charge in [0, 0.05) is 18.7 Å². The fourth-order valence-electron chi connectivity index (χ4n) is 3.60. The van der Waals surface area contributed by atoms with Crippen LogP contribution in [0.5, 0.6) is 0 Å². The number of nitrogens with zero attached hydrogens (tertiary/aromatic N) is 1. The van der Waals surface area contributed by atoms with Crippen LogP contribution in [0.1, 0.15) is 28.7 Å². The average Bonchev–Trinajstić information content (AvgIpc) is 2.88. The molecule has 0 unspecified atom stereocenters. The predicted octanol–water partition coefficient (Wildman–Crippen LogP) is 3.52. The van der Waals surface area contributed by atoms with Crippen molar-refractivity contribution in [3.05, 3.63) is 65.2 Å². The molecule has 1 heterocycles. The Hall–Kier alpha value is -1.76. The molecule has 1 heteroatoms. The van der Waals surface area contributed by atoms with E-state index >= 15 is 0 Å². The molecule has 84 valence electrons. The number of benzene rings is 2. The standard InChI is InChI=1S/C16H15N/c1-17-15-9-5-4-8-13(15)14-10-11-6-2-3-7-12(11)16(14)17/h2-9,14,16H,10H2,1H3/t14-,16-/m0/s1. The number of hydrogen-bond acceptors (Lipinski definition) is 1. The Morgan fingerprint density at radius 3 is 2.53 bits per heavy atom. The molecule has 4 rings (SSSR count). The molecule has 1 aliphatic carbocycles. The summed E-state index contributed by atoms with van der Waals surface area (Å²) in [6.45, 7) is 0. The van der Waals surface area contributed by atoms with Gasteiger partial charge in [-0.1, -0.05) is 42.5 Å². The first-order chi connectivity index (χ1) is 8.36. The van der Waals surface area contributed by atoms with Crippen LogP contribution in [-0.4, -0.2) is 7.05 Å². The zero-order chi connectivity index (χ0) is 11.4. The first kappa shape index (κ1) is 9.29. The molecule has 2 atom stereocenters. The van der Waals surface area contributed by atoms with Crippen LogP contribution in [0.25, 0.3) is 0 Å². The van der Waals surface area contributed by atoms with E-state index in [0.29, 0.717) is 12.0 Å². The maximum Gasteiger partial charge on any atom is 0.0614 e. The van der Waals surface area contributed by atoms with Crippen molar-refractivity contribution in [2.24, 2.45) is 0 Å². The second kappa shape index (κ2) is 3.13. The molecule has 17 heavy (non-hydrogen) atoms. The lowest BCUT2D eigenvalue weighted by molar-refractivity contribution is 0.618. The van der Waals surface area contributed by atoms with Gasteiger partial charge in [0.05, 0.1) is 6.04 Å². The van der Waals surface area contributed by atoms with Crippen molar-refractivity contribution in [3.8, 4) is 0 Å². The van der Waals surface area contributed by atoms with Crippen LogP contribution in [0.2, 0.25) is 0 Å². The van der Waals surface area contributed by atoms with Gasteiger partial charge in [-0.05, 0) is 29.2 Å². The van der Waals surface area contributed by atoms with Gasteiger partial charge < -0.3 is 4.90 Å². The van der Waals surface area contributed by atoms with Crippen LogP contribution in [-0.2, 0) is 6.42 Å². The summed E-state index contributed by atoms with van der Waals surface area (Å²) in [5, 5.41) is 0. The van der Waals surface area contributed by atoms with Crippen molar-refractivity contribution >= 4 is 5.69 Å².